The van der Waals surface area contributed by atoms with Gasteiger partial charge in [-0.3, -0.25) is 14.3 Å². The molecule has 0 aliphatic heterocycles. The lowest BCUT2D eigenvalue weighted by Crippen LogP contribution is -2.42. The number of carbonyl (C=O) groups excluding carboxylic acids is 2. The summed E-state index contributed by atoms with van der Waals surface area (Å²) in [5, 5.41) is 17.5. The van der Waals surface area contributed by atoms with Crippen LogP contribution in [0, 0.1) is 12.8 Å². The van der Waals surface area contributed by atoms with Crippen molar-refractivity contribution in [2.24, 2.45) is 5.92 Å². The minimum Gasteiger partial charge on any atom is -0.393 e. The number of hydrogen-bond acceptors (Lipinski definition) is 4. The summed E-state index contributed by atoms with van der Waals surface area (Å²) in [5.41, 5.74) is 2.89. The number of amides is 1. The highest BCUT2D eigenvalue weighted by molar-refractivity contribution is 5.98. The number of ketones is 1. The van der Waals surface area contributed by atoms with Crippen LogP contribution < -0.4 is 5.32 Å². The lowest BCUT2D eigenvalue weighted by molar-refractivity contribution is 0.0612. The Morgan fingerprint density at radius 2 is 2.07 bits per heavy atom. The van der Waals surface area contributed by atoms with Crippen molar-refractivity contribution in [3.8, 4) is 0 Å². The Labute approximate surface area is 172 Å². The highest BCUT2D eigenvalue weighted by Crippen LogP contribution is 2.26. The van der Waals surface area contributed by atoms with E-state index in [2.05, 4.69) is 16.5 Å². The number of carbonyl (C=O) groups is 2. The van der Waals surface area contributed by atoms with E-state index in [0.717, 1.165) is 24.0 Å². The van der Waals surface area contributed by atoms with Gasteiger partial charge in [0.2, 0.25) is 0 Å². The van der Waals surface area contributed by atoms with Gasteiger partial charge in [-0.25, -0.2) is 0 Å². The summed E-state index contributed by atoms with van der Waals surface area (Å²) in [5.74, 6) is -0.146. The molecule has 1 amide bonds. The molecule has 1 aliphatic carbocycles. The quantitative estimate of drug-likeness (QED) is 0.729. The Kier molecular flexibility index (Phi) is 6.52. The molecule has 1 aromatic heterocycles. The van der Waals surface area contributed by atoms with E-state index in [4.69, 9.17) is 0 Å². The van der Waals surface area contributed by atoms with Crippen LogP contribution in [0.25, 0.3) is 0 Å². The maximum atomic E-state index is 13.1. The minimum absolute atomic E-state index is 0.0175. The molecule has 0 saturated heterocycles. The normalized spacial score (nSPS) is 22.9. The molecule has 156 valence electrons. The van der Waals surface area contributed by atoms with Crippen molar-refractivity contribution in [3.05, 3.63) is 52.8 Å². The molecule has 3 rings (SSSR count). The second-order valence-corrected chi connectivity index (χ2v) is 8.25. The first-order chi connectivity index (χ1) is 13.8. The van der Waals surface area contributed by atoms with Gasteiger partial charge in [-0.1, -0.05) is 43.7 Å². The largest absolute Gasteiger partial charge is 0.393 e. The number of aromatic nitrogens is 2. The monoisotopic (exact) mass is 397 g/mol. The summed E-state index contributed by atoms with van der Waals surface area (Å²) in [7, 11) is 0. The van der Waals surface area contributed by atoms with E-state index in [1.807, 2.05) is 39.0 Å². The molecule has 1 aliphatic rings. The number of nitrogens with zero attached hydrogens (tertiary/aromatic N) is 2. The number of hydrogen-bond donors (Lipinski definition) is 2. The first-order valence-corrected chi connectivity index (χ1v) is 10.5. The van der Waals surface area contributed by atoms with Gasteiger partial charge in [0.05, 0.1) is 12.1 Å². The number of aryl methyl sites for hydroxylation is 1. The summed E-state index contributed by atoms with van der Waals surface area (Å²) in [6, 6.07) is 9.53. The highest BCUT2D eigenvalue weighted by atomic mass is 16.3. The van der Waals surface area contributed by atoms with Crippen molar-refractivity contribution >= 4 is 11.7 Å². The fourth-order valence-electron chi connectivity index (χ4n) is 4.02. The van der Waals surface area contributed by atoms with Crippen molar-refractivity contribution in [2.45, 2.75) is 71.6 Å². The van der Waals surface area contributed by atoms with Crippen LogP contribution in [0.15, 0.2) is 30.3 Å². The average molecular weight is 398 g/mol. The van der Waals surface area contributed by atoms with E-state index >= 15 is 0 Å². The number of aliphatic hydroxyl groups is 1. The summed E-state index contributed by atoms with van der Waals surface area (Å²) in [6.07, 6.45) is 2.22. The number of rotatable bonds is 6. The summed E-state index contributed by atoms with van der Waals surface area (Å²) >= 11 is 0. The summed E-state index contributed by atoms with van der Waals surface area (Å²) in [4.78, 5) is 25.4. The molecule has 6 nitrogen and oxygen atoms in total. The van der Waals surface area contributed by atoms with Crippen LogP contribution in [-0.2, 0) is 0 Å². The van der Waals surface area contributed by atoms with Gasteiger partial charge in [0, 0.05) is 18.5 Å². The van der Waals surface area contributed by atoms with Gasteiger partial charge in [0.15, 0.2) is 5.78 Å². The maximum Gasteiger partial charge on any atom is 0.269 e. The highest BCUT2D eigenvalue weighted by Gasteiger charge is 2.29. The molecular formula is C23H31N3O3. The first-order valence-electron chi connectivity index (χ1n) is 10.5. The Morgan fingerprint density at radius 1 is 1.31 bits per heavy atom. The Hall–Kier alpha value is -2.47. The molecule has 2 N–H and O–H groups in total. The van der Waals surface area contributed by atoms with E-state index in [9.17, 15) is 14.7 Å². The lowest BCUT2D eigenvalue weighted by atomic mass is 9.84. The molecule has 0 unspecified atom stereocenters. The Morgan fingerprint density at radius 3 is 2.72 bits per heavy atom. The minimum atomic E-state index is -0.302. The van der Waals surface area contributed by atoms with Crippen LogP contribution >= 0.6 is 0 Å². The van der Waals surface area contributed by atoms with Crippen LogP contribution in [-0.4, -0.2) is 38.7 Å². The van der Waals surface area contributed by atoms with Gasteiger partial charge in [0.25, 0.3) is 5.91 Å². The van der Waals surface area contributed by atoms with Crippen molar-refractivity contribution in [1.29, 1.82) is 0 Å². The third-order valence-electron chi connectivity index (χ3n) is 5.93. The first kappa shape index (κ1) is 21.2. The van der Waals surface area contributed by atoms with Gasteiger partial charge < -0.3 is 10.4 Å². The number of aliphatic hydroxyl groups excluding tert-OH is 1. The van der Waals surface area contributed by atoms with Crippen molar-refractivity contribution < 1.29 is 14.7 Å². The van der Waals surface area contributed by atoms with Crippen LogP contribution in [0.4, 0.5) is 0 Å². The number of benzene rings is 1. The Bertz CT molecular complexity index is 889. The van der Waals surface area contributed by atoms with Gasteiger partial charge in [-0.05, 0) is 44.6 Å². The van der Waals surface area contributed by atoms with Crippen molar-refractivity contribution in [2.75, 3.05) is 0 Å². The molecule has 29 heavy (non-hydrogen) atoms. The molecule has 1 heterocycles. The van der Waals surface area contributed by atoms with Crippen molar-refractivity contribution in [1.82, 2.24) is 15.1 Å². The molecule has 1 fully saturated rings. The zero-order valence-corrected chi connectivity index (χ0v) is 17.7. The van der Waals surface area contributed by atoms with Gasteiger partial charge in [-0.15, -0.1) is 0 Å². The summed E-state index contributed by atoms with van der Waals surface area (Å²) in [6.45, 7) is 7.81. The topological polar surface area (TPSA) is 84.2 Å². The molecule has 4 atom stereocenters. The molecule has 0 bridgehead atoms. The number of Topliss-reactive ketones (excluding diaryl/α,β-unsaturated/α-hetero) is 1. The predicted molar refractivity (Wildman–Crippen MR) is 112 cm³/mol. The van der Waals surface area contributed by atoms with Gasteiger partial charge >= 0.3 is 0 Å². The molecule has 1 aromatic carbocycles. The SMILES string of the molecule is CCC(=O)c1cc(C(=O)N[C@H]2CC[C@@H](O)[C@H](C)C2)n([C@@H](C)c2cccc(C)c2)n1. The molecule has 2 aromatic rings. The smallest absolute Gasteiger partial charge is 0.269 e. The maximum absolute atomic E-state index is 13.1. The zero-order valence-electron chi connectivity index (χ0n) is 17.7. The second-order valence-electron chi connectivity index (χ2n) is 8.25. The van der Waals surface area contributed by atoms with E-state index in [-0.39, 0.29) is 35.8 Å². The molecule has 1 saturated carbocycles. The lowest BCUT2D eigenvalue weighted by Gasteiger charge is -2.31. The molecule has 0 radical (unpaired) electrons. The molecule has 6 heteroatoms. The molecule has 0 spiro atoms. The number of nitrogens with one attached hydrogen (secondary N) is 1. The molecular weight excluding hydrogens is 366 g/mol. The third kappa shape index (κ3) is 4.75. The standard InChI is InChI=1S/C23H31N3O3/c1-5-21(27)19-13-20(23(29)24-18-9-10-22(28)15(3)12-18)26(25-19)16(4)17-8-6-7-14(2)11-17/h6-8,11,13,15-16,18,22,28H,5,9-10,12H2,1-4H3,(H,24,29)/t15-,16+,18+,22-/m1/s1. The van der Waals surface area contributed by atoms with Crippen LogP contribution in [0.5, 0.6) is 0 Å². The van der Waals surface area contributed by atoms with E-state index in [1.54, 1.807) is 17.7 Å². The average Bonchev–Trinajstić information content (AvgIpc) is 3.15. The van der Waals surface area contributed by atoms with E-state index in [1.165, 1.54) is 0 Å². The zero-order chi connectivity index (χ0) is 21.1. The van der Waals surface area contributed by atoms with Gasteiger partial charge in [0.1, 0.15) is 11.4 Å². The fraction of sp³-hybridized carbons (Fsp3) is 0.522. The third-order valence-corrected chi connectivity index (χ3v) is 5.93. The van der Waals surface area contributed by atoms with Gasteiger partial charge in [-0.2, -0.15) is 5.10 Å². The Balaban J connectivity index is 1.89. The van der Waals surface area contributed by atoms with Crippen molar-refractivity contribution in [3.63, 3.8) is 0 Å². The second kappa shape index (κ2) is 8.91. The summed E-state index contributed by atoms with van der Waals surface area (Å²) < 4.78 is 1.66. The van der Waals surface area contributed by atoms with Crippen LogP contribution in [0.1, 0.15) is 84.6 Å². The van der Waals surface area contributed by atoms with E-state index < -0.39 is 0 Å². The van der Waals surface area contributed by atoms with Crippen LogP contribution in [0.3, 0.4) is 0 Å². The fourth-order valence-corrected chi connectivity index (χ4v) is 4.02. The van der Waals surface area contributed by atoms with Crippen LogP contribution in [0.2, 0.25) is 0 Å². The van der Waals surface area contributed by atoms with E-state index in [0.29, 0.717) is 24.2 Å². The predicted octanol–water partition coefficient (Wildman–Crippen LogP) is 3.67.